The van der Waals surface area contributed by atoms with Crippen molar-refractivity contribution in [3.8, 4) is 5.75 Å². The maximum absolute atomic E-state index is 14.0. The van der Waals surface area contributed by atoms with Crippen LogP contribution in [0.2, 0.25) is 0 Å². The summed E-state index contributed by atoms with van der Waals surface area (Å²) >= 11 is 0. The number of benzene rings is 2. The lowest BCUT2D eigenvalue weighted by atomic mass is 10.2. The Hall–Kier alpha value is -2.36. The number of hydrogen-bond acceptors (Lipinski definition) is 3. The van der Waals surface area contributed by atoms with Crippen molar-refractivity contribution >= 4 is 5.90 Å². The Kier molecular flexibility index (Phi) is 4.71. The number of methoxy groups -OCH3 is 1. The fourth-order valence-electron chi connectivity index (χ4n) is 1.82. The van der Waals surface area contributed by atoms with Crippen molar-refractivity contribution in [2.45, 2.75) is 6.61 Å². The summed E-state index contributed by atoms with van der Waals surface area (Å²) in [5, 5.41) is 0. The van der Waals surface area contributed by atoms with Crippen LogP contribution in [0.1, 0.15) is 11.1 Å². The van der Waals surface area contributed by atoms with Gasteiger partial charge in [-0.25, -0.2) is 4.39 Å². The zero-order chi connectivity index (χ0) is 14.4. The highest BCUT2D eigenvalue weighted by atomic mass is 19.1. The summed E-state index contributed by atoms with van der Waals surface area (Å²) in [5.41, 5.74) is 1.35. The molecule has 0 atom stereocenters. The molecule has 0 bridgehead atoms. The third-order valence-corrected chi connectivity index (χ3v) is 2.82. The first-order valence-corrected chi connectivity index (χ1v) is 6.22. The van der Waals surface area contributed by atoms with E-state index in [1.807, 2.05) is 30.3 Å². The van der Waals surface area contributed by atoms with Gasteiger partial charge in [0.05, 0.1) is 12.7 Å². The maximum Gasteiger partial charge on any atom is 0.218 e. The van der Waals surface area contributed by atoms with Crippen LogP contribution in [0.4, 0.5) is 4.39 Å². The van der Waals surface area contributed by atoms with Crippen molar-refractivity contribution in [3.63, 3.8) is 0 Å². The van der Waals surface area contributed by atoms with Crippen LogP contribution in [-0.4, -0.2) is 20.1 Å². The molecule has 0 radical (unpaired) electrons. The topological polar surface area (TPSA) is 30.8 Å². The molecule has 0 spiro atoms. The molecule has 3 nitrogen and oxygen atoms in total. The monoisotopic (exact) mass is 273 g/mol. The van der Waals surface area contributed by atoms with Crippen LogP contribution in [-0.2, 0) is 11.3 Å². The van der Waals surface area contributed by atoms with Crippen LogP contribution >= 0.6 is 0 Å². The lowest BCUT2D eigenvalue weighted by Crippen LogP contribution is -2.06. The number of halogens is 1. The smallest absolute Gasteiger partial charge is 0.218 e. The van der Waals surface area contributed by atoms with Gasteiger partial charge in [0, 0.05) is 13.1 Å². The highest BCUT2D eigenvalue weighted by molar-refractivity contribution is 5.94. The molecule has 0 saturated heterocycles. The van der Waals surface area contributed by atoms with E-state index in [2.05, 4.69) is 4.99 Å². The molecule has 0 N–H and O–H groups in total. The summed E-state index contributed by atoms with van der Waals surface area (Å²) in [5.74, 6) is 0.316. The number of rotatable bonds is 4. The van der Waals surface area contributed by atoms with Crippen molar-refractivity contribution in [2.75, 3.05) is 14.2 Å². The Bertz CT molecular complexity index is 597. The normalized spacial score (nSPS) is 11.2. The van der Waals surface area contributed by atoms with Crippen LogP contribution in [0.15, 0.2) is 53.5 Å². The Labute approximate surface area is 117 Å². The maximum atomic E-state index is 14.0. The lowest BCUT2D eigenvalue weighted by molar-refractivity contribution is 0.304. The van der Waals surface area contributed by atoms with Gasteiger partial charge in [-0.15, -0.1) is 0 Å². The van der Waals surface area contributed by atoms with E-state index in [0.717, 1.165) is 5.56 Å². The molecule has 0 amide bonds. The Morgan fingerprint density at radius 1 is 1.15 bits per heavy atom. The molecule has 20 heavy (non-hydrogen) atoms. The average molecular weight is 273 g/mol. The van der Waals surface area contributed by atoms with E-state index in [1.54, 1.807) is 19.2 Å². The van der Waals surface area contributed by atoms with Crippen molar-refractivity contribution in [2.24, 2.45) is 4.99 Å². The molecule has 4 heteroatoms. The van der Waals surface area contributed by atoms with Gasteiger partial charge in [0.1, 0.15) is 18.2 Å². The van der Waals surface area contributed by atoms with E-state index >= 15 is 0 Å². The standard InChI is InChI=1S/C16H16FNO2/c1-18-16(19-2)14-9-8-13(10-15(14)17)20-11-12-6-4-3-5-7-12/h3-10H,11H2,1-2H3. The van der Waals surface area contributed by atoms with Crippen LogP contribution < -0.4 is 4.74 Å². The SMILES string of the molecule is CN=C(OC)c1ccc(OCc2ccccc2)cc1F. The summed E-state index contributed by atoms with van der Waals surface area (Å²) in [6.45, 7) is 0.401. The average Bonchev–Trinajstić information content (AvgIpc) is 2.49. The third kappa shape index (κ3) is 3.35. The van der Waals surface area contributed by atoms with Crippen LogP contribution in [0.3, 0.4) is 0 Å². The van der Waals surface area contributed by atoms with E-state index < -0.39 is 5.82 Å². The molecule has 0 aliphatic carbocycles. The molecule has 0 unspecified atom stereocenters. The van der Waals surface area contributed by atoms with Crippen molar-refractivity contribution < 1.29 is 13.9 Å². The second-order valence-corrected chi connectivity index (χ2v) is 4.15. The molecule has 0 aromatic heterocycles. The number of hydrogen-bond donors (Lipinski definition) is 0. The van der Waals surface area contributed by atoms with Crippen LogP contribution in [0, 0.1) is 5.82 Å². The molecule has 104 valence electrons. The van der Waals surface area contributed by atoms with Gasteiger partial charge in [-0.1, -0.05) is 30.3 Å². The molecule has 2 aromatic carbocycles. The number of nitrogens with zero attached hydrogens (tertiary/aromatic N) is 1. The predicted octanol–water partition coefficient (Wildman–Crippen LogP) is 3.43. The van der Waals surface area contributed by atoms with E-state index in [0.29, 0.717) is 17.9 Å². The lowest BCUT2D eigenvalue weighted by Gasteiger charge is -2.09. The fraction of sp³-hybridized carbons (Fsp3) is 0.188. The van der Waals surface area contributed by atoms with Crippen LogP contribution in [0.25, 0.3) is 0 Å². The van der Waals surface area contributed by atoms with E-state index in [4.69, 9.17) is 9.47 Å². The van der Waals surface area contributed by atoms with Crippen LogP contribution in [0.5, 0.6) is 5.75 Å². The van der Waals surface area contributed by atoms with Gasteiger partial charge in [0.25, 0.3) is 0 Å². The molecular weight excluding hydrogens is 257 g/mol. The van der Waals surface area contributed by atoms with Gasteiger partial charge in [-0.3, -0.25) is 4.99 Å². The Morgan fingerprint density at radius 3 is 2.50 bits per heavy atom. The first kappa shape index (κ1) is 14.1. The van der Waals surface area contributed by atoms with E-state index in [1.165, 1.54) is 13.2 Å². The van der Waals surface area contributed by atoms with Crippen molar-refractivity contribution in [3.05, 3.63) is 65.5 Å². The summed E-state index contributed by atoms with van der Waals surface area (Å²) in [4.78, 5) is 3.87. The fourth-order valence-corrected chi connectivity index (χ4v) is 1.82. The first-order chi connectivity index (χ1) is 9.74. The molecule has 0 heterocycles. The van der Waals surface area contributed by atoms with Crippen molar-refractivity contribution in [1.82, 2.24) is 0 Å². The second kappa shape index (κ2) is 6.70. The summed E-state index contributed by atoms with van der Waals surface area (Å²) in [6.07, 6.45) is 0. The van der Waals surface area contributed by atoms with Gasteiger partial charge < -0.3 is 9.47 Å². The first-order valence-electron chi connectivity index (χ1n) is 6.22. The molecule has 2 aromatic rings. The summed E-state index contributed by atoms with van der Waals surface area (Å²) < 4.78 is 24.5. The summed E-state index contributed by atoms with van der Waals surface area (Å²) in [6, 6.07) is 14.4. The predicted molar refractivity (Wildman–Crippen MR) is 76.6 cm³/mol. The zero-order valence-electron chi connectivity index (χ0n) is 11.5. The van der Waals surface area contributed by atoms with E-state index in [-0.39, 0.29) is 5.90 Å². The molecule has 0 aliphatic heterocycles. The minimum absolute atomic E-state index is 0.261. The molecular formula is C16H16FNO2. The highest BCUT2D eigenvalue weighted by Gasteiger charge is 2.10. The van der Waals surface area contributed by atoms with E-state index in [9.17, 15) is 4.39 Å². The highest BCUT2D eigenvalue weighted by Crippen LogP contribution is 2.19. The van der Waals surface area contributed by atoms with Gasteiger partial charge in [0.2, 0.25) is 5.90 Å². The summed E-state index contributed by atoms with van der Waals surface area (Å²) in [7, 11) is 3.01. The second-order valence-electron chi connectivity index (χ2n) is 4.15. The number of ether oxygens (including phenoxy) is 2. The Balaban J connectivity index is 2.10. The minimum Gasteiger partial charge on any atom is -0.489 e. The van der Waals surface area contributed by atoms with Gasteiger partial charge in [-0.2, -0.15) is 0 Å². The third-order valence-electron chi connectivity index (χ3n) is 2.82. The quantitative estimate of drug-likeness (QED) is 0.631. The van der Waals surface area contributed by atoms with Crippen molar-refractivity contribution in [1.29, 1.82) is 0 Å². The molecule has 0 fully saturated rings. The molecule has 2 rings (SSSR count). The molecule has 0 aliphatic rings. The minimum atomic E-state index is -0.419. The Morgan fingerprint density at radius 2 is 1.90 bits per heavy atom. The van der Waals surface area contributed by atoms with Gasteiger partial charge in [0.15, 0.2) is 0 Å². The molecule has 0 saturated carbocycles. The van der Waals surface area contributed by atoms with Gasteiger partial charge in [-0.05, 0) is 17.7 Å². The number of aliphatic imine (C=N–C) groups is 1. The van der Waals surface area contributed by atoms with Gasteiger partial charge >= 0.3 is 0 Å². The zero-order valence-corrected chi connectivity index (χ0v) is 11.5. The largest absolute Gasteiger partial charge is 0.489 e.